The number of para-hydroxylation sites is 2. The normalized spacial score (nSPS) is 14.2. The van der Waals surface area contributed by atoms with Crippen molar-refractivity contribution in [2.24, 2.45) is 0 Å². The molecule has 1 unspecified atom stereocenters. The Morgan fingerprint density at radius 3 is 2.45 bits per heavy atom. The van der Waals surface area contributed by atoms with Gasteiger partial charge in [-0.3, -0.25) is 4.79 Å². The van der Waals surface area contributed by atoms with Crippen LogP contribution in [0.15, 0.2) is 84.1 Å². The van der Waals surface area contributed by atoms with Gasteiger partial charge in [0.05, 0.1) is 30.0 Å². The molecule has 38 heavy (non-hydrogen) atoms. The second-order valence-corrected chi connectivity index (χ2v) is 9.10. The van der Waals surface area contributed by atoms with Gasteiger partial charge < -0.3 is 20.3 Å². The number of hydrogen-bond donors (Lipinski definition) is 2. The second kappa shape index (κ2) is 10.1. The number of allylic oxidation sites excluding steroid dienone is 1. The number of aromatic nitrogens is 3. The molecule has 0 radical (unpaired) electrons. The van der Waals surface area contributed by atoms with Crippen LogP contribution >= 0.6 is 0 Å². The van der Waals surface area contributed by atoms with Gasteiger partial charge in [0, 0.05) is 31.0 Å². The van der Waals surface area contributed by atoms with Crippen LogP contribution in [0.25, 0.3) is 11.4 Å². The molecule has 0 fully saturated rings. The Labute approximate surface area is 221 Å². The molecule has 190 valence electrons. The number of carbonyl (C=O) groups is 1. The molecule has 0 saturated heterocycles. The zero-order chi connectivity index (χ0) is 26.8. The Bertz CT molecular complexity index is 1560. The number of methoxy groups -OCH3 is 1. The summed E-state index contributed by atoms with van der Waals surface area (Å²) in [6.45, 7) is 1.84. The third kappa shape index (κ3) is 4.55. The zero-order valence-electron chi connectivity index (χ0n) is 21.6. The highest BCUT2D eigenvalue weighted by Gasteiger charge is 2.34. The molecule has 1 aromatic heterocycles. The number of anilines is 3. The van der Waals surface area contributed by atoms with E-state index in [1.165, 1.54) is 0 Å². The monoisotopic (exact) mass is 505 g/mol. The van der Waals surface area contributed by atoms with Gasteiger partial charge in [0.2, 0.25) is 5.95 Å². The fourth-order valence-corrected chi connectivity index (χ4v) is 4.46. The number of nitrogens with one attached hydrogen (secondary N) is 2. The van der Waals surface area contributed by atoms with Crippen LogP contribution in [0.3, 0.4) is 0 Å². The quantitative estimate of drug-likeness (QED) is 0.387. The first-order chi connectivity index (χ1) is 18.4. The molecule has 9 heteroatoms. The minimum absolute atomic E-state index is 0.299. The summed E-state index contributed by atoms with van der Waals surface area (Å²) in [6.07, 6.45) is 0. The van der Waals surface area contributed by atoms with E-state index in [1.807, 2.05) is 74.4 Å². The number of fused-ring (bicyclic) bond motifs is 1. The molecule has 0 aliphatic carbocycles. The fraction of sp³-hybridized carbons (Fsp3) is 0.172. The van der Waals surface area contributed by atoms with E-state index >= 15 is 0 Å². The number of ether oxygens (including phenoxy) is 1. The van der Waals surface area contributed by atoms with Crippen molar-refractivity contribution in [3.8, 4) is 23.2 Å². The van der Waals surface area contributed by atoms with Crippen LogP contribution in [-0.4, -0.2) is 41.9 Å². The van der Waals surface area contributed by atoms with Gasteiger partial charge in [0.1, 0.15) is 11.8 Å². The topological polar surface area (TPSA) is 108 Å². The molecule has 2 N–H and O–H groups in total. The number of carbonyl (C=O) groups excluding carboxylic acids is 1. The average molecular weight is 506 g/mol. The van der Waals surface area contributed by atoms with Crippen LogP contribution in [0, 0.1) is 11.3 Å². The number of nitriles is 1. The summed E-state index contributed by atoms with van der Waals surface area (Å²) in [6, 6.07) is 24.0. The van der Waals surface area contributed by atoms with Crippen molar-refractivity contribution in [2.45, 2.75) is 13.0 Å². The molecule has 0 saturated carbocycles. The number of amides is 1. The Hall–Kier alpha value is -5.10. The summed E-state index contributed by atoms with van der Waals surface area (Å²) in [5, 5.41) is 20.4. The van der Waals surface area contributed by atoms with Gasteiger partial charge in [-0.2, -0.15) is 10.2 Å². The van der Waals surface area contributed by atoms with Crippen LogP contribution < -0.4 is 20.3 Å². The van der Waals surface area contributed by atoms with Crippen LogP contribution in [0.5, 0.6) is 5.75 Å². The van der Waals surface area contributed by atoms with Crippen LogP contribution in [0.1, 0.15) is 24.1 Å². The van der Waals surface area contributed by atoms with Crippen molar-refractivity contribution in [2.75, 3.05) is 36.7 Å². The van der Waals surface area contributed by atoms with Crippen molar-refractivity contribution in [3.05, 3.63) is 95.2 Å². The molecule has 5 rings (SSSR count). The van der Waals surface area contributed by atoms with Crippen molar-refractivity contribution in [1.29, 1.82) is 5.26 Å². The summed E-state index contributed by atoms with van der Waals surface area (Å²) < 4.78 is 7.14. The Balaban J connectivity index is 1.58. The predicted octanol–water partition coefficient (Wildman–Crippen LogP) is 4.82. The van der Waals surface area contributed by atoms with E-state index < -0.39 is 6.04 Å². The minimum atomic E-state index is -0.573. The second-order valence-electron chi connectivity index (χ2n) is 9.10. The minimum Gasteiger partial charge on any atom is -0.495 e. The average Bonchev–Trinajstić information content (AvgIpc) is 3.36. The lowest BCUT2D eigenvalue weighted by Crippen LogP contribution is -2.31. The maximum atomic E-state index is 13.8. The largest absolute Gasteiger partial charge is 0.495 e. The van der Waals surface area contributed by atoms with Crippen LogP contribution in [0.2, 0.25) is 0 Å². The molecule has 4 aromatic rings. The molecule has 1 aliphatic heterocycles. The van der Waals surface area contributed by atoms with Crippen LogP contribution in [0.4, 0.5) is 17.3 Å². The van der Waals surface area contributed by atoms with E-state index in [1.54, 1.807) is 36.1 Å². The zero-order valence-corrected chi connectivity index (χ0v) is 21.6. The number of benzene rings is 3. The van der Waals surface area contributed by atoms with Crippen molar-refractivity contribution in [1.82, 2.24) is 14.8 Å². The first-order valence-electron chi connectivity index (χ1n) is 12.1. The van der Waals surface area contributed by atoms with E-state index in [9.17, 15) is 10.1 Å². The first kappa shape index (κ1) is 24.6. The van der Waals surface area contributed by atoms with Crippen molar-refractivity contribution >= 4 is 23.2 Å². The lowest BCUT2D eigenvalue weighted by molar-refractivity contribution is -0.113. The molecule has 9 nitrogen and oxygen atoms in total. The van der Waals surface area contributed by atoms with Gasteiger partial charge in [-0.15, -0.1) is 5.10 Å². The Kier molecular flexibility index (Phi) is 6.54. The van der Waals surface area contributed by atoms with Gasteiger partial charge >= 0.3 is 0 Å². The van der Waals surface area contributed by atoms with Gasteiger partial charge in [0.25, 0.3) is 5.91 Å². The molecular formula is C29H27N7O2. The Morgan fingerprint density at radius 1 is 1.08 bits per heavy atom. The molecule has 0 spiro atoms. The molecule has 3 aromatic carbocycles. The van der Waals surface area contributed by atoms with E-state index in [-0.39, 0.29) is 5.91 Å². The molecule has 0 bridgehead atoms. The Morgan fingerprint density at radius 2 is 1.79 bits per heavy atom. The molecular weight excluding hydrogens is 478 g/mol. The maximum Gasteiger partial charge on any atom is 0.255 e. The predicted molar refractivity (Wildman–Crippen MR) is 147 cm³/mol. The van der Waals surface area contributed by atoms with Gasteiger partial charge in [-0.05, 0) is 61.0 Å². The third-order valence-corrected chi connectivity index (χ3v) is 6.45. The fourth-order valence-electron chi connectivity index (χ4n) is 4.46. The van der Waals surface area contributed by atoms with E-state index in [0.717, 1.165) is 16.8 Å². The molecule has 1 amide bonds. The molecule has 1 atom stereocenters. The SMILES string of the molecule is COc1ccccc1NC(=O)C1=C(C)Nc2nc(-c3ccc(N(C)C)cc3)nn2C1c1ccc(C#N)cc1. The highest BCUT2D eigenvalue weighted by molar-refractivity contribution is 6.06. The van der Waals surface area contributed by atoms with Crippen LogP contribution in [-0.2, 0) is 4.79 Å². The smallest absolute Gasteiger partial charge is 0.255 e. The number of rotatable bonds is 6. The highest BCUT2D eigenvalue weighted by Crippen LogP contribution is 2.37. The summed E-state index contributed by atoms with van der Waals surface area (Å²) in [4.78, 5) is 20.5. The molecule has 1 aliphatic rings. The summed E-state index contributed by atoms with van der Waals surface area (Å²) >= 11 is 0. The maximum absolute atomic E-state index is 13.8. The van der Waals surface area contributed by atoms with E-state index in [4.69, 9.17) is 14.8 Å². The van der Waals surface area contributed by atoms with Gasteiger partial charge in [-0.25, -0.2) is 4.68 Å². The summed E-state index contributed by atoms with van der Waals surface area (Å²) in [5.74, 6) is 1.32. The van der Waals surface area contributed by atoms with Gasteiger partial charge in [0.15, 0.2) is 5.82 Å². The van der Waals surface area contributed by atoms with Gasteiger partial charge in [-0.1, -0.05) is 24.3 Å². The lowest BCUT2D eigenvalue weighted by atomic mass is 9.94. The first-order valence-corrected chi connectivity index (χ1v) is 12.1. The molecule has 2 heterocycles. The highest BCUT2D eigenvalue weighted by atomic mass is 16.5. The van der Waals surface area contributed by atoms with Crippen molar-refractivity contribution < 1.29 is 9.53 Å². The summed E-state index contributed by atoms with van der Waals surface area (Å²) in [5.41, 5.74) is 4.95. The van der Waals surface area contributed by atoms with Crippen molar-refractivity contribution in [3.63, 3.8) is 0 Å². The van der Waals surface area contributed by atoms with E-state index in [2.05, 4.69) is 16.7 Å². The number of nitrogens with zero attached hydrogens (tertiary/aromatic N) is 5. The lowest BCUT2D eigenvalue weighted by Gasteiger charge is -2.28. The third-order valence-electron chi connectivity index (χ3n) is 6.45. The standard InChI is InChI=1S/C29H27N7O2/c1-18-25(28(37)32-23-7-5-6-8-24(23)38-4)26(20-11-9-19(17-30)10-12-20)36-29(31-18)33-27(34-36)21-13-15-22(16-14-21)35(2)3/h5-16,26H,1-4H3,(H,32,37)(H,31,33,34). The van der Waals surface area contributed by atoms with E-state index in [0.29, 0.717) is 40.0 Å². The summed E-state index contributed by atoms with van der Waals surface area (Å²) in [7, 11) is 5.53. The number of hydrogen-bond acceptors (Lipinski definition) is 7.